The number of nitrogens with zero attached hydrogens (tertiary/aromatic N) is 1. The average Bonchev–Trinajstić information content (AvgIpc) is 2.82. The molecular weight excluding hydrogens is 230 g/mol. The van der Waals surface area contributed by atoms with Crippen molar-refractivity contribution in [1.82, 2.24) is 4.90 Å². The number of likely N-dealkylation sites (tertiary alicyclic amines) is 1. The second-order valence-electron chi connectivity index (χ2n) is 6.17. The first-order chi connectivity index (χ1) is 8.65. The number of carbonyl (C=O) groups is 2. The minimum Gasteiger partial charge on any atom is -0.393 e. The molecule has 0 aromatic carbocycles. The molecule has 2 unspecified atom stereocenters. The molecule has 3 aliphatic rings. The molecular formula is C14H21NO3. The number of carbonyl (C=O) groups excluding carboxylic acids is 2. The van der Waals surface area contributed by atoms with Crippen LogP contribution in [0.4, 0.5) is 0 Å². The van der Waals surface area contributed by atoms with Crippen LogP contribution in [0.2, 0.25) is 0 Å². The highest BCUT2D eigenvalue weighted by Crippen LogP contribution is 2.39. The first-order valence-corrected chi connectivity index (χ1v) is 7.18. The van der Waals surface area contributed by atoms with E-state index < -0.39 is 0 Å². The summed E-state index contributed by atoms with van der Waals surface area (Å²) in [7, 11) is 0. The lowest BCUT2D eigenvalue weighted by Gasteiger charge is -2.34. The van der Waals surface area contributed by atoms with Crippen molar-refractivity contribution in [2.75, 3.05) is 6.54 Å². The van der Waals surface area contributed by atoms with E-state index >= 15 is 0 Å². The number of aliphatic hydroxyl groups excluding tert-OH is 1. The molecule has 18 heavy (non-hydrogen) atoms. The standard InChI is InChI=1S/C14H21NO3/c16-12-5-1-9(2-6-12)8-15-13(17)10-3-4-11(7-10)14(15)18/h9-12,16H,1-8H2. The Morgan fingerprint density at radius 2 is 1.50 bits per heavy atom. The van der Waals surface area contributed by atoms with E-state index in [0.29, 0.717) is 12.5 Å². The third-order valence-corrected chi connectivity index (χ3v) is 4.92. The van der Waals surface area contributed by atoms with Crippen LogP contribution < -0.4 is 0 Å². The van der Waals surface area contributed by atoms with Gasteiger partial charge in [0.2, 0.25) is 11.8 Å². The fourth-order valence-corrected chi connectivity index (χ4v) is 3.75. The van der Waals surface area contributed by atoms with Gasteiger partial charge in [-0.25, -0.2) is 0 Å². The van der Waals surface area contributed by atoms with Crippen LogP contribution in [0, 0.1) is 17.8 Å². The SMILES string of the molecule is O=C1C2CCC(C2)C(=O)N1CC1CCC(O)CC1. The van der Waals surface area contributed by atoms with E-state index in [0.717, 1.165) is 44.9 Å². The summed E-state index contributed by atoms with van der Waals surface area (Å²) in [5, 5.41) is 9.48. The Hall–Kier alpha value is -0.900. The summed E-state index contributed by atoms with van der Waals surface area (Å²) < 4.78 is 0. The molecule has 1 N–H and O–H groups in total. The van der Waals surface area contributed by atoms with Gasteiger partial charge in [0.05, 0.1) is 6.10 Å². The van der Waals surface area contributed by atoms with Gasteiger partial charge in [0, 0.05) is 18.4 Å². The van der Waals surface area contributed by atoms with E-state index in [1.165, 1.54) is 4.90 Å². The van der Waals surface area contributed by atoms with E-state index in [1.807, 2.05) is 0 Å². The van der Waals surface area contributed by atoms with Crippen LogP contribution in [-0.2, 0) is 9.59 Å². The zero-order valence-electron chi connectivity index (χ0n) is 10.7. The predicted octanol–water partition coefficient (Wildman–Crippen LogP) is 1.32. The summed E-state index contributed by atoms with van der Waals surface area (Å²) in [4.78, 5) is 25.9. The van der Waals surface area contributed by atoms with Crippen LogP contribution in [0.3, 0.4) is 0 Å². The van der Waals surface area contributed by atoms with E-state index in [-0.39, 0.29) is 29.8 Å². The first kappa shape index (κ1) is 12.2. The van der Waals surface area contributed by atoms with Gasteiger partial charge in [-0.05, 0) is 50.9 Å². The highest BCUT2D eigenvalue weighted by Gasteiger charge is 2.45. The van der Waals surface area contributed by atoms with Gasteiger partial charge in [-0.3, -0.25) is 14.5 Å². The minimum atomic E-state index is -0.176. The summed E-state index contributed by atoms with van der Waals surface area (Å²) in [6.07, 6.45) is 5.91. The van der Waals surface area contributed by atoms with Gasteiger partial charge in [0.15, 0.2) is 0 Å². The Kier molecular flexibility index (Phi) is 3.14. The fourth-order valence-electron chi connectivity index (χ4n) is 3.75. The van der Waals surface area contributed by atoms with Gasteiger partial charge in [0.25, 0.3) is 0 Å². The third-order valence-electron chi connectivity index (χ3n) is 4.92. The van der Waals surface area contributed by atoms with Gasteiger partial charge < -0.3 is 5.11 Å². The van der Waals surface area contributed by atoms with E-state index in [4.69, 9.17) is 0 Å². The zero-order chi connectivity index (χ0) is 12.7. The maximum absolute atomic E-state index is 12.2. The van der Waals surface area contributed by atoms with Crippen molar-refractivity contribution >= 4 is 11.8 Å². The van der Waals surface area contributed by atoms with Gasteiger partial charge in [0.1, 0.15) is 0 Å². The van der Waals surface area contributed by atoms with Crippen molar-refractivity contribution in [2.45, 2.75) is 51.0 Å². The molecule has 2 aliphatic carbocycles. The van der Waals surface area contributed by atoms with E-state index in [9.17, 15) is 14.7 Å². The van der Waals surface area contributed by atoms with Crippen molar-refractivity contribution < 1.29 is 14.7 Å². The van der Waals surface area contributed by atoms with Crippen LogP contribution in [0.5, 0.6) is 0 Å². The van der Waals surface area contributed by atoms with Crippen molar-refractivity contribution in [2.24, 2.45) is 17.8 Å². The number of amides is 2. The summed E-state index contributed by atoms with van der Waals surface area (Å²) in [5.74, 6) is 0.766. The molecule has 3 rings (SSSR count). The second-order valence-corrected chi connectivity index (χ2v) is 6.17. The number of piperidine rings is 1. The molecule has 2 amide bonds. The minimum absolute atomic E-state index is 0.0693. The molecule has 100 valence electrons. The third kappa shape index (κ3) is 2.07. The van der Waals surface area contributed by atoms with Crippen LogP contribution in [-0.4, -0.2) is 34.5 Å². The van der Waals surface area contributed by atoms with Crippen LogP contribution in [0.15, 0.2) is 0 Å². The fraction of sp³-hybridized carbons (Fsp3) is 0.857. The van der Waals surface area contributed by atoms with Crippen molar-refractivity contribution in [3.8, 4) is 0 Å². The molecule has 3 fully saturated rings. The topological polar surface area (TPSA) is 57.6 Å². The lowest BCUT2D eigenvalue weighted by atomic mass is 9.86. The number of rotatable bonds is 2. The van der Waals surface area contributed by atoms with Crippen LogP contribution in [0.1, 0.15) is 44.9 Å². The molecule has 0 spiro atoms. The molecule has 0 radical (unpaired) electrons. The number of aliphatic hydroxyl groups is 1. The molecule has 1 saturated heterocycles. The monoisotopic (exact) mass is 251 g/mol. The Balaban J connectivity index is 1.65. The number of fused-ring (bicyclic) bond motifs is 2. The zero-order valence-corrected chi connectivity index (χ0v) is 10.7. The molecule has 4 nitrogen and oxygen atoms in total. The van der Waals surface area contributed by atoms with E-state index in [1.54, 1.807) is 0 Å². The Labute approximate surface area is 107 Å². The van der Waals surface area contributed by atoms with Crippen LogP contribution >= 0.6 is 0 Å². The maximum Gasteiger partial charge on any atom is 0.232 e. The molecule has 4 heteroatoms. The average molecular weight is 251 g/mol. The summed E-state index contributed by atoms with van der Waals surface area (Å²) >= 11 is 0. The lowest BCUT2D eigenvalue weighted by Crippen LogP contribution is -2.48. The van der Waals surface area contributed by atoms with Crippen LogP contribution in [0.25, 0.3) is 0 Å². The van der Waals surface area contributed by atoms with Crippen molar-refractivity contribution in [3.05, 3.63) is 0 Å². The smallest absolute Gasteiger partial charge is 0.232 e. The van der Waals surface area contributed by atoms with Crippen molar-refractivity contribution in [3.63, 3.8) is 0 Å². The molecule has 1 aliphatic heterocycles. The number of hydrogen-bond acceptors (Lipinski definition) is 3. The summed E-state index contributed by atoms with van der Waals surface area (Å²) in [5.41, 5.74) is 0. The predicted molar refractivity (Wildman–Crippen MR) is 65.5 cm³/mol. The highest BCUT2D eigenvalue weighted by atomic mass is 16.3. The number of imide groups is 1. The molecule has 1 heterocycles. The normalized spacial score (nSPS) is 40.4. The van der Waals surface area contributed by atoms with Gasteiger partial charge in [-0.15, -0.1) is 0 Å². The highest BCUT2D eigenvalue weighted by molar-refractivity contribution is 6.00. The molecule has 2 atom stereocenters. The van der Waals surface area contributed by atoms with Gasteiger partial charge in [-0.2, -0.15) is 0 Å². The molecule has 0 aromatic heterocycles. The lowest BCUT2D eigenvalue weighted by molar-refractivity contribution is -0.153. The van der Waals surface area contributed by atoms with Gasteiger partial charge >= 0.3 is 0 Å². The molecule has 0 aromatic rings. The van der Waals surface area contributed by atoms with Crippen molar-refractivity contribution in [1.29, 1.82) is 0 Å². The Morgan fingerprint density at radius 3 is 2.06 bits per heavy atom. The Morgan fingerprint density at radius 1 is 0.944 bits per heavy atom. The van der Waals surface area contributed by atoms with E-state index in [2.05, 4.69) is 0 Å². The summed E-state index contributed by atoms with van der Waals surface area (Å²) in [6.45, 7) is 0.595. The first-order valence-electron chi connectivity index (χ1n) is 7.18. The second kappa shape index (κ2) is 4.65. The van der Waals surface area contributed by atoms with Gasteiger partial charge in [-0.1, -0.05) is 0 Å². The molecule has 2 saturated carbocycles. The quantitative estimate of drug-likeness (QED) is 0.753. The Bertz CT molecular complexity index is 338. The largest absolute Gasteiger partial charge is 0.393 e. The number of hydrogen-bond donors (Lipinski definition) is 1. The molecule has 2 bridgehead atoms. The maximum atomic E-state index is 12.2. The summed E-state index contributed by atoms with van der Waals surface area (Å²) in [6, 6.07) is 0.